The zero-order valence-corrected chi connectivity index (χ0v) is 12.2. The van der Waals surface area contributed by atoms with Crippen molar-refractivity contribution in [1.29, 1.82) is 0 Å². The second-order valence-electron chi connectivity index (χ2n) is 4.23. The zero-order valence-electron chi connectivity index (χ0n) is 10.6. The van der Waals surface area contributed by atoms with Gasteiger partial charge in [0.15, 0.2) is 0 Å². The van der Waals surface area contributed by atoms with Gasteiger partial charge in [-0.1, -0.05) is 15.9 Å². The molecule has 0 unspecified atom stereocenters. The van der Waals surface area contributed by atoms with Crippen molar-refractivity contribution in [3.8, 4) is 0 Å². The van der Waals surface area contributed by atoms with E-state index < -0.39 is 17.6 Å². The maximum atomic E-state index is 12.8. The van der Waals surface area contributed by atoms with E-state index in [0.717, 1.165) is 11.6 Å². The molecule has 0 aliphatic carbocycles. The second-order valence-corrected chi connectivity index (χ2v) is 5.08. The fraction of sp³-hybridized carbons (Fsp3) is 0.143. The van der Waals surface area contributed by atoms with Crippen molar-refractivity contribution < 1.29 is 18.0 Å². The Hall–Kier alpha value is -1.89. The number of pyridine rings is 1. The summed E-state index contributed by atoms with van der Waals surface area (Å²) in [5, 5.41) is 2.56. The topological polar surface area (TPSA) is 42.0 Å². The van der Waals surface area contributed by atoms with Crippen molar-refractivity contribution in [2.75, 3.05) is 0 Å². The van der Waals surface area contributed by atoms with E-state index in [1.165, 1.54) is 12.1 Å². The van der Waals surface area contributed by atoms with Crippen LogP contribution in [0, 0.1) is 0 Å². The average molecular weight is 359 g/mol. The first-order valence-corrected chi connectivity index (χ1v) is 6.71. The average Bonchev–Trinajstić information content (AvgIpc) is 2.45. The molecular weight excluding hydrogens is 349 g/mol. The van der Waals surface area contributed by atoms with Crippen molar-refractivity contribution in [3.05, 3.63) is 63.9 Å². The van der Waals surface area contributed by atoms with Gasteiger partial charge < -0.3 is 5.32 Å². The molecule has 21 heavy (non-hydrogen) atoms. The Morgan fingerprint density at radius 2 is 1.86 bits per heavy atom. The number of nitrogens with one attached hydrogen (secondary N) is 1. The highest BCUT2D eigenvalue weighted by atomic mass is 79.9. The number of amides is 1. The molecule has 2 rings (SSSR count). The summed E-state index contributed by atoms with van der Waals surface area (Å²) in [6.45, 7) is 0.221. The molecule has 3 nitrogen and oxygen atoms in total. The van der Waals surface area contributed by atoms with E-state index in [4.69, 9.17) is 0 Å². The number of alkyl halides is 3. The molecule has 1 amide bonds. The molecule has 7 heteroatoms. The lowest BCUT2D eigenvalue weighted by Crippen LogP contribution is -2.23. The van der Waals surface area contributed by atoms with E-state index in [0.29, 0.717) is 0 Å². The highest BCUT2D eigenvalue weighted by Gasteiger charge is 2.33. The van der Waals surface area contributed by atoms with Crippen LogP contribution in [0.3, 0.4) is 0 Å². The molecule has 0 bridgehead atoms. The lowest BCUT2D eigenvalue weighted by molar-refractivity contribution is -0.138. The van der Waals surface area contributed by atoms with E-state index in [9.17, 15) is 18.0 Å². The molecule has 2 aromatic rings. The third-order valence-electron chi connectivity index (χ3n) is 2.74. The molecule has 1 aromatic heterocycles. The van der Waals surface area contributed by atoms with Crippen LogP contribution >= 0.6 is 15.9 Å². The molecule has 0 aliphatic heterocycles. The first kappa shape index (κ1) is 15.5. The summed E-state index contributed by atoms with van der Waals surface area (Å²) in [4.78, 5) is 15.7. The summed E-state index contributed by atoms with van der Waals surface area (Å²) in [6.07, 6.45) is -1.37. The molecule has 1 N–H and O–H groups in total. The minimum absolute atomic E-state index is 0.0421. The fourth-order valence-electron chi connectivity index (χ4n) is 1.67. The van der Waals surface area contributed by atoms with Crippen LogP contribution in [0.15, 0.2) is 47.2 Å². The third kappa shape index (κ3) is 4.04. The summed E-state index contributed by atoms with van der Waals surface area (Å²) < 4.78 is 38.2. The van der Waals surface area contributed by atoms with Gasteiger partial charge in [0.2, 0.25) is 0 Å². The maximum Gasteiger partial charge on any atom is 0.417 e. The lowest BCUT2D eigenvalue weighted by Gasteiger charge is -2.11. The van der Waals surface area contributed by atoms with Gasteiger partial charge in [-0.2, -0.15) is 13.2 Å². The minimum Gasteiger partial charge on any atom is -0.348 e. The standard InChI is InChI=1S/C14H10BrF3N2O/c15-12-2-1-10(7-11(12)14(16,17)18)13(21)20-8-9-3-5-19-6-4-9/h1-7H,8H2,(H,20,21). The fourth-order valence-corrected chi connectivity index (χ4v) is 2.14. The Bertz CT molecular complexity index is 644. The summed E-state index contributed by atoms with van der Waals surface area (Å²) in [7, 11) is 0. The van der Waals surface area contributed by atoms with Crippen LogP contribution in [0.5, 0.6) is 0 Å². The Morgan fingerprint density at radius 1 is 1.19 bits per heavy atom. The van der Waals surface area contributed by atoms with Crippen LogP contribution in [0.1, 0.15) is 21.5 Å². The summed E-state index contributed by atoms with van der Waals surface area (Å²) in [5.74, 6) is -0.565. The SMILES string of the molecule is O=C(NCc1ccncc1)c1ccc(Br)c(C(F)(F)F)c1. The van der Waals surface area contributed by atoms with E-state index in [2.05, 4.69) is 26.2 Å². The van der Waals surface area contributed by atoms with Crippen molar-refractivity contribution >= 4 is 21.8 Å². The number of hydrogen-bond donors (Lipinski definition) is 1. The number of aromatic nitrogens is 1. The molecule has 110 valence electrons. The first-order valence-electron chi connectivity index (χ1n) is 5.92. The highest BCUT2D eigenvalue weighted by Crippen LogP contribution is 2.35. The molecule has 0 atom stereocenters. The molecule has 0 radical (unpaired) electrons. The Kier molecular flexibility index (Phi) is 4.62. The van der Waals surface area contributed by atoms with E-state index in [1.54, 1.807) is 24.5 Å². The molecule has 1 aromatic carbocycles. The van der Waals surface area contributed by atoms with Crippen molar-refractivity contribution in [2.45, 2.75) is 12.7 Å². The van der Waals surface area contributed by atoms with Crippen molar-refractivity contribution in [2.24, 2.45) is 0 Å². The van der Waals surface area contributed by atoms with Crippen LogP contribution < -0.4 is 5.32 Å². The number of carbonyl (C=O) groups is 1. The zero-order chi connectivity index (χ0) is 15.5. The number of rotatable bonds is 3. The molecule has 0 saturated carbocycles. The Morgan fingerprint density at radius 3 is 2.48 bits per heavy atom. The Balaban J connectivity index is 2.13. The molecule has 0 spiro atoms. The quantitative estimate of drug-likeness (QED) is 0.906. The molecular formula is C14H10BrF3N2O. The lowest BCUT2D eigenvalue weighted by atomic mass is 10.1. The van der Waals surface area contributed by atoms with Gasteiger partial charge in [-0.05, 0) is 35.9 Å². The molecule has 0 aliphatic rings. The Labute approximate surface area is 127 Å². The summed E-state index contributed by atoms with van der Waals surface area (Å²) in [5.41, 5.74) is -0.106. The predicted molar refractivity (Wildman–Crippen MR) is 74.6 cm³/mol. The number of benzene rings is 1. The normalized spacial score (nSPS) is 11.2. The number of nitrogens with zero attached hydrogens (tertiary/aromatic N) is 1. The number of halogens is 4. The van der Waals surface area contributed by atoms with Gasteiger partial charge in [0.05, 0.1) is 5.56 Å². The molecule has 1 heterocycles. The van der Waals surface area contributed by atoms with Crippen LogP contribution in [-0.2, 0) is 12.7 Å². The third-order valence-corrected chi connectivity index (χ3v) is 3.43. The first-order chi connectivity index (χ1) is 9.88. The van der Waals surface area contributed by atoms with Gasteiger partial charge in [0.1, 0.15) is 0 Å². The van der Waals surface area contributed by atoms with Gasteiger partial charge in [0.25, 0.3) is 5.91 Å². The van der Waals surface area contributed by atoms with Gasteiger partial charge in [-0.3, -0.25) is 9.78 Å². The van der Waals surface area contributed by atoms with E-state index in [-0.39, 0.29) is 16.6 Å². The summed E-state index contributed by atoms with van der Waals surface area (Å²) >= 11 is 2.83. The van der Waals surface area contributed by atoms with Gasteiger partial charge in [-0.25, -0.2) is 0 Å². The van der Waals surface area contributed by atoms with Crippen LogP contribution in [-0.4, -0.2) is 10.9 Å². The van der Waals surface area contributed by atoms with Crippen molar-refractivity contribution in [1.82, 2.24) is 10.3 Å². The number of carbonyl (C=O) groups excluding carboxylic acids is 1. The van der Waals surface area contributed by atoms with E-state index in [1.807, 2.05) is 0 Å². The number of hydrogen-bond acceptors (Lipinski definition) is 2. The van der Waals surface area contributed by atoms with Crippen LogP contribution in [0.2, 0.25) is 0 Å². The predicted octanol–water partition coefficient (Wildman–Crippen LogP) is 3.79. The van der Waals surface area contributed by atoms with Crippen LogP contribution in [0.4, 0.5) is 13.2 Å². The smallest absolute Gasteiger partial charge is 0.348 e. The molecule has 0 fully saturated rings. The van der Waals surface area contributed by atoms with Gasteiger partial charge >= 0.3 is 6.18 Å². The highest BCUT2D eigenvalue weighted by molar-refractivity contribution is 9.10. The minimum atomic E-state index is -4.51. The molecule has 0 saturated heterocycles. The van der Waals surface area contributed by atoms with E-state index >= 15 is 0 Å². The van der Waals surface area contributed by atoms with Crippen molar-refractivity contribution in [3.63, 3.8) is 0 Å². The maximum absolute atomic E-state index is 12.8. The second kappa shape index (κ2) is 6.26. The summed E-state index contributed by atoms with van der Waals surface area (Å²) in [6, 6.07) is 6.79. The van der Waals surface area contributed by atoms with Gasteiger partial charge in [0, 0.05) is 29.0 Å². The van der Waals surface area contributed by atoms with Crippen LogP contribution in [0.25, 0.3) is 0 Å². The van der Waals surface area contributed by atoms with Gasteiger partial charge in [-0.15, -0.1) is 0 Å². The largest absolute Gasteiger partial charge is 0.417 e. The monoisotopic (exact) mass is 358 g/mol.